The number of ether oxygens (including phenoxy) is 1. The van der Waals surface area contributed by atoms with E-state index in [0.717, 1.165) is 13.4 Å². The van der Waals surface area contributed by atoms with Crippen LogP contribution < -0.4 is 16.0 Å². The van der Waals surface area contributed by atoms with Crippen LogP contribution in [0.15, 0.2) is 77.7 Å². The smallest absolute Gasteiger partial charge is 0.338 e. The lowest BCUT2D eigenvalue weighted by Gasteiger charge is -2.15. The molecule has 0 spiro atoms. The molecule has 3 N–H and O–H groups in total. The molecule has 1 atom stereocenters. The first-order valence-corrected chi connectivity index (χ1v) is 12.5. The monoisotopic (exact) mass is 601 g/mol. The molecule has 35 heavy (non-hydrogen) atoms. The molecule has 0 radical (unpaired) electrons. The summed E-state index contributed by atoms with van der Waals surface area (Å²) in [5, 5.41) is 2.09. The molecular formula is C25H20IN3O5S. The summed E-state index contributed by atoms with van der Waals surface area (Å²) in [7, 11) is 0. The maximum absolute atomic E-state index is 12.9. The molecule has 8 nitrogen and oxygen atoms in total. The number of hydrogen-bond acceptors (Lipinski definition) is 7. The van der Waals surface area contributed by atoms with Gasteiger partial charge >= 0.3 is 5.97 Å². The van der Waals surface area contributed by atoms with E-state index >= 15 is 0 Å². The number of thioether (sulfide) groups is 1. The van der Waals surface area contributed by atoms with Gasteiger partial charge in [0.1, 0.15) is 0 Å². The minimum Gasteiger partial charge on any atom is -0.452 e. The van der Waals surface area contributed by atoms with E-state index in [9.17, 15) is 19.2 Å². The number of anilines is 3. The van der Waals surface area contributed by atoms with Gasteiger partial charge in [0.15, 0.2) is 6.61 Å². The summed E-state index contributed by atoms with van der Waals surface area (Å²) in [6, 6.07) is 20.2. The molecule has 0 aliphatic carbocycles. The summed E-state index contributed by atoms with van der Waals surface area (Å²) in [4.78, 5) is 51.7. The Hall–Kier alpha value is -3.38. The van der Waals surface area contributed by atoms with Crippen molar-refractivity contribution in [3.8, 4) is 0 Å². The summed E-state index contributed by atoms with van der Waals surface area (Å²) in [6.07, 6.45) is 0.0672. The van der Waals surface area contributed by atoms with Crippen molar-refractivity contribution in [1.29, 1.82) is 0 Å². The van der Waals surface area contributed by atoms with Crippen molar-refractivity contribution in [1.82, 2.24) is 0 Å². The summed E-state index contributed by atoms with van der Waals surface area (Å²) in [6.45, 7) is -0.446. The van der Waals surface area contributed by atoms with Crippen LogP contribution in [0.25, 0.3) is 0 Å². The third kappa shape index (κ3) is 6.20. The number of halogens is 1. The fourth-order valence-corrected chi connectivity index (χ4v) is 4.89. The fourth-order valence-electron chi connectivity index (χ4n) is 3.41. The molecule has 4 rings (SSSR count). The normalized spacial score (nSPS) is 15.2. The van der Waals surface area contributed by atoms with Crippen molar-refractivity contribution in [2.24, 2.45) is 0 Å². The van der Waals surface area contributed by atoms with E-state index < -0.39 is 23.7 Å². The Balaban J connectivity index is 1.34. The third-order valence-corrected chi connectivity index (χ3v) is 6.96. The number of nitrogens with zero attached hydrogens (tertiary/aromatic N) is 1. The number of benzene rings is 3. The van der Waals surface area contributed by atoms with E-state index in [2.05, 4.69) is 27.9 Å². The number of amides is 3. The molecule has 178 valence electrons. The average Bonchev–Trinajstić information content (AvgIpc) is 3.11. The highest BCUT2D eigenvalue weighted by molar-refractivity contribution is 14.1. The maximum Gasteiger partial charge on any atom is 0.338 e. The predicted molar refractivity (Wildman–Crippen MR) is 142 cm³/mol. The second kappa shape index (κ2) is 10.9. The van der Waals surface area contributed by atoms with Gasteiger partial charge in [-0.05, 0) is 89.3 Å². The molecular weight excluding hydrogens is 581 g/mol. The van der Waals surface area contributed by atoms with Gasteiger partial charge < -0.3 is 15.8 Å². The number of nitrogen functional groups attached to an aromatic ring is 1. The minimum atomic E-state index is -0.691. The number of nitrogens with two attached hydrogens (primary N) is 1. The largest absolute Gasteiger partial charge is 0.452 e. The number of carbonyl (C=O) groups excluding carboxylic acids is 4. The Kier molecular flexibility index (Phi) is 7.71. The minimum absolute atomic E-state index is 0.0672. The number of rotatable bonds is 7. The predicted octanol–water partition coefficient (Wildman–Crippen LogP) is 4.09. The first kappa shape index (κ1) is 24.7. The van der Waals surface area contributed by atoms with Crippen molar-refractivity contribution in [2.45, 2.75) is 16.6 Å². The highest BCUT2D eigenvalue weighted by Gasteiger charge is 2.40. The molecule has 1 aliphatic heterocycles. The van der Waals surface area contributed by atoms with Crippen LogP contribution >= 0.6 is 34.4 Å². The molecule has 3 aromatic rings. The Morgan fingerprint density at radius 3 is 2.46 bits per heavy atom. The SMILES string of the molecule is Nc1cccc(SC2CC(=O)N(c3ccc(C(=O)OCC(=O)Nc4ccc(I)cc4)cc3)C2=O)c1. The third-order valence-electron chi connectivity index (χ3n) is 5.07. The second-order valence-electron chi connectivity index (χ2n) is 7.63. The van der Waals surface area contributed by atoms with Gasteiger partial charge in [-0.15, -0.1) is 11.8 Å². The highest BCUT2D eigenvalue weighted by atomic mass is 127. The number of nitrogens with one attached hydrogen (secondary N) is 1. The lowest BCUT2D eigenvalue weighted by molar-refractivity contribution is -0.121. The molecule has 10 heteroatoms. The van der Waals surface area contributed by atoms with Crippen LogP contribution in [0.3, 0.4) is 0 Å². The average molecular weight is 601 g/mol. The Morgan fingerprint density at radius 1 is 1.06 bits per heavy atom. The van der Waals surface area contributed by atoms with E-state index in [1.807, 2.05) is 18.2 Å². The van der Waals surface area contributed by atoms with Crippen LogP contribution in [-0.2, 0) is 19.1 Å². The topological polar surface area (TPSA) is 119 Å². The summed E-state index contributed by atoms with van der Waals surface area (Å²) < 4.78 is 6.10. The van der Waals surface area contributed by atoms with Crippen LogP contribution in [0.2, 0.25) is 0 Å². The fraction of sp³-hybridized carbons (Fsp3) is 0.120. The second-order valence-corrected chi connectivity index (χ2v) is 10.2. The van der Waals surface area contributed by atoms with E-state index in [1.54, 1.807) is 30.3 Å². The zero-order valence-electron chi connectivity index (χ0n) is 18.3. The summed E-state index contributed by atoms with van der Waals surface area (Å²) >= 11 is 3.45. The molecule has 0 bridgehead atoms. The van der Waals surface area contributed by atoms with Crippen molar-refractivity contribution < 1.29 is 23.9 Å². The molecule has 1 aliphatic rings. The zero-order chi connectivity index (χ0) is 24.9. The van der Waals surface area contributed by atoms with Gasteiger partial charge in [-0.1, -0.05) is 6.07 Å². The van der Waals surface area contributed by atoms with Crippen LogP contribution in [0.4, 0.5) is 17.1 Å². The summed E-state index contributed by atoms with van der Waals surface area (Å²) in [5.41, 5.74) is 7.53. The molecule has 1 fully saturated rings. The Morgan fingerprint density at radius 2 is 1.77 bits per heavy atom. The molecule has 3 amide bonds. The number of imide groups is 1. The van der Waals surface area contributed by atoms with Crippen LogP contribution in [0.5, 0.6) is 0 Å². The van der Waals surface area contributed by atoms with Gasteiger partial charge in [0.2, 0.25) is 11.8 Å². The van der Waals surface area contributed by atoms with Crippen LogP contribution in [-0.4, -0.2) is 35.5 Å². The van der Waals surface area contributed by atoms with Crippen molar-refractivity contribution >= 4 is 75.1 Å². The van der Waals surface area contributed by atoms with Gasteiger partial charge in [-0.3, -0.25) is 14.4 Å². The van der Waals surface area contributed by atoms with E-state index in [-0.39, 0.29) is 23.8 Å². The van der Waals surface area contributed by atoms with Gasteiger partial charge in [-0.25, -0.2) is 9.69 Å². The summed E-state index contributed by atoms with van der Waals surface area (Å²) in [5.74, 6) is -1.80. The van der Waals surface area contributed by atoms with E-state index in [0.29, 0.717) is 17.1 Å². The molecule has 3 aromatic carbocycles. The number of carbonyl (C=O) groups is 4. The first-order chi connectivity index (χ1) is 16.8. The van der Waals surface area contributed by atoms with Crippen molar-refractivity contribution in [3.05, 3.63) is 81.9 Å². The Labute approximate surface area is 219 Å². The number of hydrogen-bond donors (Lipinski definition) is 2. The molecule has 1 unspecified atom stereocenters. The maximum atomic E-state index is 12.9. The highest BCUT2D eigenvalue weighted by Crippen LogP contribution is 2.34. The Bertz CT molecular complexity index is 1280. The molecule has 0 saturated carbocycles. The molecule has 0 aromatic heterocycles. The standard InChI is InChI=1S/C25H20IN3O5S/c26-16-6-8-18(9-7-16)28-22(30)14-34-25(33)15-4-10-19(11-5-15)29-23(31)13-21(24(29)32)35-20-3-1-2-17(27)12-20/h1-12,21H,13-14,27H2,(H,28,30). The van der Waals surface area contributed by atoms with Gasteiger partial charge in [-0.2, -0.15) is 0 Å². The van der Waals surface area contributed by atoms with Crippen molar-refractivity contribution in [3.63, 3.8) is 0 Å². The van der Waals surface area contributed by atoms with Gasteiger partial charge in [0.25, 0.3) is 5.91 Å². The molecule has 1 heterocycles. The zero-order valence-corrected chi connectivity index (χ0v) is 21.2. The lowest BCUT2D eigenvalue weighted by Crippen LogP contribution is -2.31. The van der Waals surface area contributed by atoms with Crippen LogP contribution in [0, 0.1) is 3.57 Å². The first-order valence-electron chi connectivity index (χ1n) is 10.5. The number of esters is 1. The lowest BCUT2D eigenvalue weighted by atomic mass is 10.2. The van der Waals surface area contributed by atoms with Crippen molar-refractivity contribution in [2.75, 3.05) is 22.6 Å². The quantitative estimate of drug-likeness (QED) is 0.181. The van der Waals surface area contributed by atoms with Crippen LogP contribution in [0.1, 0.15) is 16.8 Å². The van der Waals surface area contributed by atoms with Gasteiger partial charge in [0.05, 0.1) is 16.5 Å². The van der Waals surface area contributed by atoms with E-state index in [4.69, 9.17) is 10.5 Å². The molecule has 1 saturated heterocycles. The van der Waals surface area contributed by atoms with Gasteiger partial charge in [0, 0.05) is 26.3 Å². The van der Waals surface area contributed by atoms with E-state index in [1.165, 1.54) is 36.0 Å².